The number of nitrogens with zero attached hydrogens (tertiary/aromatic N) is 2. The standard InChI is InChI=1S/C15H14N2O4S/c1-11-15(12-7-3-2-4-8-12)16(11)22(20,21)14-10-6-5-9-13(14)17(18)19/h2-11,15H,1H3/t11-,15+,16?/m0/s1. The molecule has 1 unspecified atom stereocenters. The van der Waals surface area contributed by atoms with E-state index in [0.717, 1.165) is 5.56 Å². The fourth-order valence-electron chi connectivity index (χ4n) is 2.71. The van der Waals surface area contributed by atoms with Crippen molar-refractivity contribution in [3.05, 3.63) is 70.3 Å². The molecule has 0 radical (unpaired) electrons. The maximum atomic E-state index is 12.7. The van der Waals surface area contributed by atoms with Crippen molar-refractivity contribution in [2.75, 3.05) is 0 Å². The molecular weight excluding hydrogens is 304 g/mol. The molecule has 0 saturated carbocycles. The first-order chi connectivity index (χ1) is 10.4. The molecule has 0 aromatic heterocycles. The Kier molecular flexibility index (Phi) is 3.46. The molecule has 22 heavy (non-hydrogen) atoms. The molecule has 1 saturated heterocycles. The topological polar surface area (TPSA) is 80.3 Å². The van der Waals surface area contributed by atoms with Crippen molar-refractivity contribution >= 4 is 15.7 Å². The third-order valence-electron chi connectivity index (χ3n) is 3.80. The van der Waals surface area contributed by atoms with Crippen molar-refractivity contribution in [2.45, 2.75) is 23.9 Å². The summed E-state index contributed by atoms with van der Waals surface area (Å²) in [5.41, 5.74) is 0.491. The second kappa shape index (κ2) is 5.19. The van der Waals surface area contributed by atoms with Crippen LogP contribution in [0.2, 0.25) is 0 Å². The number of hydrogen-bond donors (Lipinski definition) is 0. The summed E-state index contributed by atoms with van der Waals surface area (Å²) in [6, 6.07) is 14.2. The monoisotopic (exact) mass is 318 g/mol. The molecule has 2 aromatic carbocycles. The molecule has 1 aliphatic heterocycles. The third kappa shape index (κ3) is 2.28. The van der Waals surface area contributed by atoms with Crippen molar-refractivity contribution in [1.82, 2.24) is 4.31 Å². The lowest BCUT2D eigenvalue weighted by molar-refractivity contribution is -0.387. The minimum absolute atomic E-state index is 0.216. The van der Waals surface area contributed by atoms with E-state index < -0.39 is 20.6 Å². The number of benzene rings is 2. The molecule has 7 heteroatoms. The first-order valence-electron chi connectivity index (χ1n) is 6.76. The quantitative estimate of drug-likeness (QED) is 0.493. The number of sulfonamides is 1. The molecule has 1 aliphatic rings. The van der Waals surface area contributed by atoms with Crippen molar-refractivity contribution in [3.63, 3.8) is 0 Å². The minimum atomic E-state index is -3.90. The van der Waals surface area contributed by atoms with Crippen LogP contribution in [0.1, 0.15) is 18.5 Å². The fourth-order valence-corrected chi connectivity index (χ4v) is 4.69. The Morgan fingerprint density at radius 3 is 2.27 bits per heavy atom. The van der Waals surface area contributed by atoms with Crippen LogP contribution >= 0.6 is 0 Å². The Labute approximate surface area is 128 Å². The predicted octanol–water partition coefficient (Wildman–Crippen LogP) is 2.73. The van der Waals surface area contributed by atoms with Crippen LogP contribution in [0.4, 0.5) is 5.69 Å². The first-order valence-corrected chi connectivity index (χ1v) is 8.20. The smallest absolute Gasteiger partial charge is 0.258 e. The fraction of sp³-hybridized carbons (Fsp3) is 0.200. The summed E-state index contributed by atoms with van der Waals surface area (Å²) in [6.45, 7) is 1.80. The van der Waals surface area contributed by atoms with Gasteiger partial charge in [0.15, 0.2) is 4.90 Å². The average Bonchev–Trinajstić information content (AvgIpc) is 3.20. The predicted molar refractivity (Wildman–Crippen MR) is 80.8 cm³/mol. The average molecular weight is 318 g/mol. The highest BCUT2D eigenvalue weighted by molar-refractivity contribution is 7.89. The van der Waals surface area contributed by atoms with E-state index in [0.29, 0.717) is 0 Å². The van der Waals surface area contributed by atoms with Crippen molar-refractivity contribution in [3.8, 4) is 0 Å². The van der Waals surface area contributed by atoms with Gasteiger partial charge in [-0.25, -0.2) is 8.42 Å². The van der Waals surface area contributed by atoms with Gasteiger partial charge >= 0.3 is 0 Å². The summed E-state index contributed by atoms with van der Waals surface area (Å²) in [4.78, 5) is 10.1. The maximum absolute atomic E-state index is 12.7. The molecule has 0 spiro atoms. The molecule has 1 fully saturated rings. The molecule has 0 amide bonds. The molecule has 3 atom stereocenters. The SMILES string of the molecule is C[C@H]1[C@H](c2ccccc2)N1S(=O)(=O)c1ccccc1[N+](=O)[O-]. The van der Waals surface area contributed by atoms with Gasteiger partial charge in [-0.3, -0.25) is 10.1 Å². The molecule has 3 rings (SSSR count). The van der Waals surface area contributed by atoms with Gasteiger partial charge in [-0.1, -0.05) is 42.5 Å². The highest BCUT2D eigenvalue weighted by Gasteiger charge is 2.54. The Morgan fingerprint density at radius 2 is 1.64 bits per heavy atom. The van der Waals surface area contributed by atoms with Crippen LogP contribution in [-0.4, -0.2) is 23.7 Å². The maximum Gasteiger partial charge on any atom is 0.289 e. The lowest BCUT2D eigenvalue weighted by Gasteiger charge is -2.07. The first kappa shape index (κ1) is 14.7. The van der Waals surface area contributed by atoms with Gasteiger partial charge in [0, 0.05) is 12.1 Å². The van der Waals surface area contributed by atoms with Gasteiger partial charge in [-0.2, -0.15) is 4.31 Å². The van der Waals surface area contributed by atoms with E-state index in [1.807, 2.05) is 30.3 Å². The Hall–Kier alpha value is -2.25. The van der Waals surface area contributed by atoms with Gasteiger partial charge in [-0.15, -0.1) is 0 Å². The largest absolute Gasteiger partial charge is 0.289 e. The molecular formula is C15H14N2O4S. The third-order valence-corrected chi connectivity index (χ3v) is 5.82. The van der Waals surface area contributed by atoms with Crippen LogP contribution in [0.5, 0.6) is 0 Å². The van der Waals surface area contributed by atoms with Gasteiger partial charge in [0.05, 0.1) is 11.0 Å². The highest BCUT2D eigenvalue weighted by Crippen LogP contribution is 2.48. The molecule has 114 valence electrons. The number of nitro benzene ring substituents is 1. The zero-order valence-corrected chi connectivity index (χ0v) is 12.6. The van der Waals surface area contributed by atoms with Crippen LogP contribution in [-0.2, 0) is 10.0 Å². The summed E-state index contributed by atoms with van der Waals surface area (Å²) in [5.74, 6) is 0. The van der Waals surface area contributed by atoms with E-state index in [9.17, 15) is 18.5 Å². The number of hydrogen-bond acceptors (Lipinski definition) is 4. The van der Waals surface area contributed by atoms with Gasteiger partial charge < -0.3 is 0 Å². The van der Waals surface area contributed by atoms with Gasteiger partial charge in [0.25, 0.3) is 15.7 Å². The van der Waals surface area contributed by atoms with Crippen LogP contribution < -0.4 is 0 Å². The molecule has 0 aliphatic carbocycles. The normalized spacial score (nSPS) is 24.0. The van der Waals surface area contributed by atoms with Crippen LogP contribution in [0, 0.1) is 10.1 Å². The molecule has 1 heterocycles. The molecule has 0 N–H and O–H groups in total. The lowest BCUT2D eigenvalue weighted by Crippen LogP contribution is -2.15. The van der Waals surface area contributed by atoms with Crippen LogP contribution in [0.3, 0.4) is 0 Å². The summed E-state index contributed by atoms with van der Waals surface area (Å²) < 4.78 is 26.8. The minimum Gasteiger partial charge on any atom is -0.258 e. The van der Waals surface area contributed by atoms with E-state index in [-0.39, 0.29) is 17.0 Å². The highest BCUT2D eigenvalue weighted by atomic mass is 32.2. The molecule has 0 bridgehead atoms. The Balaban J connectivity index is 2.01. The lowest BCUT2D eigenvalue weighted by atomic mass is 10.1. The Morgan fingerprint density at radius 1 is 1.05 bits per heavy atom. The number of rotatable bonds is 4. The van der Waals surface area contributed by atoms with Crippen molar-refractivity contribution < 1.29 is 13.3 Å². The molecule has 2 aromatic rings. The van der Waals surface area contributed by atoms with Gasteiger partial charge in [-0.05, 0) is 18.6 Å². The van der Waals surface area contributed by atoms with Crippen molar-refractivity contribution in [1.29, 1.82) is 0 Å². The van der Waals surface area contributed by atoms with Gasteiger partial charge in [0.2, 0.25) is 0 Å². The number of nitro groups is 1. The summed E-state index contributed by atoms with van der Waals surface area (Å²) in [6.07, 6.45) is 0. The number of para-hydroxylation sites is 1. The Bertz CT molecular complexity index is 820. The van der Waals surface area contributed by atoms with Crippen LogP contribution in [0.25, 0.3) is 0 Å². The van der Waals surface area contributed by atoms with E-state index in [4.69, 9.17) is 0 Å². The zero-order chi connectivity index (χ0) is 15.9. The van der Waals surface area contributed by atoms with E-state index >= 15 is 0 Å². The van der Waals surface area contributed by atoms with Gasteiger partial charge in [0.1, 0.15) is 0 Å². The summed E-state index contributed by atoms with van der Waals surface area (Å²) >= 11 is 0. The summed E-state index contributed by atoms with van der Waals surface area (Å²) in [7, 11) is -3.90. The van der Waals surface area contributed by atoms with Crippen molar-refractivity contribution in [2.24, 2.45) is 0 Å². The van der Waals surface area contributed by atoms with Crippen LogP contribution in [0.15, 0.2) is 59.5 Å². The second-order valence-electron chi connectivity index (χ2n) is 5.16. The zero-order valence-electron chi connectivity index (χ0n) is 11.8. The summed E-state index contributed by atoms with van der Waals surface area (Å²) in [5, 5.41) is 11.1. The van der Waals surface area contributed by atoms with E-state index in [1.54, 1.807) is 6.92 Å². The van der Waals surface area contributed by atoms with E-state index in [2.05, 4.69) is 0 Å². The second-order valence-corrected chi connectivity index (χ2v) is 6.97. The van der Waals surface area contributed by atoms with E-state index in [1.165, 1.54) is 28.6 Å². The molecule has 6 nitrogen and oxygen atoms in total.